The molecule has 1 aliphatic carbocycles. The van der Waals surface area contributed by atoms with Gasteiger partial charge >= 0.3 is 5.97 Å². The summed E-state index contributed by atoms with van der Waals surface area (Å²) in [7, 11) is 0. The van der Waals surface area contributed by atoms with Gasteiger partial charge in [-0.2, -0.15) is 0 Å². The van der Waals surface area contributed by atoms with Crippen molar-refractivity contribution in [3.05, 3.63) is 12.2 Å². The Hall–Kier alpha value is -0.830. The summed E-state index contributed by atoms with van der Waals surface area (Å²) in [6.45, 7) is 2.52. The molecule has 0 bridgehead atoms. The highest BCUT2D eigenvalue weighted by atomic mass is 16.5. The summed E-state index contributed by atoms with van der Waals surface area (Å²) >= 11 is 0. The Morgan fingerprint density at radius 2 is 2.43 bits per heavy atom. The van der Waals surface area contributed by atoms with Gasteiger partial charge in [-0.1, -0.05) is 19.1 Å². The number of carboxylic acid groups (broad SMARTS) is 1. The van der Waals surface area contributed by atoms with Gasteiger partial charge in [-0.15, -0.1) is 0 Å². The molecule has 80 valence electrons. The van der Waals surface area contributed by atoms with Crippen LogP contribution in [0, 0.1) is 5.92 Å². The van der Waals surface area contributed by atoms with Crippen LogP contribution < -0.4 is 0 Å². The minimum atomic E-state index is -0.821. The number of allylic oxidation sites excluding steroid dienone is 2. The Bertz CT molecular complexity index is 211. The zero-order chi connectivity index (χ0) is 10.4. The molecule has 14 heavy (non-hydrogen) atoms. The van der Waals surface area contributed by atoms with E-state index in [-0.39, 0.29) is 5.92 Å². The van der Waals surface area contributed by atoms with Gasteiger partial charge in [0.2, 0.25) is 0 Å². The summed E-state index contributed by atoms with van der Waals surface area (Å²) in [5.74, 6) is -0.664. The molecule has 2 unspecified atom stereocenters. The third kappa shape index (κ3) is 3.14. The maximum atomic E-state index is 11.0. The number of ether oxygens (including phenoxy) is 1. The fourth-order valence-corrected chi connectivity index (χ4v) is 1.75. The SMILES string of the molecule is CCCOC(C(=O)O)C1CC=CCC1. The number of aliphatic carboxylic acids is 1. The summed E-state index contributed by atoms with van der Waals surface area (Å²) in [6.07, 6.45) is 7.16. The van der Waals surface area contributed by atoms with Crippen LogP contribution in [-0.2, 0) is 9.53 Å². The molecule has 1 rings (SSSR count). The van der Waals surface area contributed by atoms with Crippen LogP contribution in [0.2, 0.25) is 0 Å². The Morgan fingerprint density at radius 3 is 2.93 bits per heavy atom. The first-order valence-corrected chi connectivity index (χ1v) is 5.25. The molecule has 0 saturated carbocycles. The van der Waals surface area contributed by atoms with Gasteiger partial charge in [0.15, 0.2) is 6.10 Å². The lowest BCUT2D eigenvalue weighted by molar-refractivity contribution is -0.154. The van der Waals surface area contributed by atoms with Gasteiger partial charge in [0.05, 0.1) is 0 Å². The summed E-state index contributed by atoms with van der Waals surface area (Å²) < 4.78 is 5.36. The van der Waals surface area contributed by atoms with Gasteiger partial charge in [0.25, 0.3) is 0 Å². The normalized spacial score (nSPS) is 23.4. The van der Waals surface area contributed by atoms with Gasteiger partial charge in [0, 0.05) is 6.61 Å². The average molecular weight is 198 g/mol. The third-order valence-electron chi connectivity index (χ3n) is 2.48. The number of hydrogen-bond acceptors (Lipinski definition) is 2. The largest absolute Gasteiger partial charge is 0.479 e. The minimum Gasteiger partial charge on any atom is -0.479 e. The Kier molecular flexibility index (Phi) is 4.66. The average Bonchev–Trinajstić information content (AvgIpc) is 2.19. The molecule has 2 atom stereocenters. The van der Waals surface area contributed by atoms with Gasteiger partial charge in [0.1, 0.15) is 0 Å². The smallest absolute Gasteiger partial charge is 0.333 e. The second-order valence-electron chi connectivity index (χ2n) is 3.67. The molecule has 0 aromatic carbocycles. The molecular weight excluding hydrogens is 180 g/mol. The van der Waals surface area contributed by atoms with Crippen LogP contribution in [0.1, 0.15) is 32.6 Å². The van der Waals surface area contributed by atoms with E-state index < -0.39 is 12.1 Å². The zero-order valence-corrected chi connectivity index (χ0v) is 8.61. The molecule has 0 fully saturated rings. The van der Waals surface area contributed by atoms with Crippen molar-refractivity contribution in [3.63, 3.8) is 0 Å². The van der Waals surface area contributed by atoms with Crippen molar-refractivity contribution in [2.45, 2.75) is 38.7 Å². The molecule has 0 amide bonds. The van der Waals surface area contributed by atoms with Crippen LogP contribution in [0.3, 0.4) is 0 Å². The van der Waals surface area contributed by atoms with Crippen LogP contribution in [0.5, 0.6) is 0 Å². The third-order valence-corrected chi connectivity index (χ3v) is 2.48. The predicted molar refractivity (Wildman–Crippen MR) is 54.1 cm³/mol. The van der Waals surface area contributed by atoms with Crippen molar-refractivity contribution in [2.24, 2.45) is 5.92 Å². The summed E-state index contributed by atoms with van der Waals surface area (Å²) in [5.41, 5.74) is 0. The second-order valence-corrected chi connectivity index (χ2v) is 3.67. The molecule has 0 radical (unpaired) electrons. The lowest BCUT2D eigenvalue weighted by Crippen LogP contribution is -2.33. The molecule has 3 heteroatoms. The van der Waals surface area contributed by atoms with E-state index in [1.165, 1.54) is 0 Å². The van der Waals surface area contributed by atoms with Crippen LogP contribution in [0.25, 0.3) is 0 Å². The van der Waals surface area contributed by atoms with Gasteiger partial charge in [-0.05, 0) is 31.6 Å². The van der Waals surface area contributed by atoms with Crippen molar-refractivity contribution in [3.8, 4) is 0 Å². The zero-order valence-electron chi connectivity index (χ0n) is 8.61. The van der Waals surface area contributed by atoms with Gasteiger partial charge in [-0.3, -0.25) is 0 Å². The first-order chi connectivity index (χ1) is 6.75. The highest BCUT2D eigenvalue weighted by molar-refractivity contribution is 5.72. The van der Waals surface area contributed by atoms with E-state index in [0.29, 0.717) is 6.61 Å². The monoisotopic (exact) mass is 198 g/mol. The number of carbonyl (C=O) groups is 1. The molecule has 1 aliphatic rings. The number of hydrogen-bond donors (Lipinski definition) is 1. The van der Waals surface area contributed by atoms with Crippen LogP contribution >= 0.6 is 0 Å². The van der Waals surface area contributed by atoms with Crippen molar-refractivity contribution >= 4 is 5.97 Å². The van der Waals surface area contributed by atoms with Crippen molar-refractivity contribution in [1.82, 2.24) is 0 Å². The Morgan fingerprint density at radius 1 is 1.64 bits per heavy atom. The lowest BCUT2D eigenvalue weighted by atomic mass is 9.89. The molecule has 1 N–H and O–H groups in total. The van der Waals surface area contributed by atoms with E-state index in [1.807, 2.05) is 6.92 Å². The summed E-state index contributed by atoms with van der Waals surface area (Å²) in [5, 5.41) is 9.00. The van der Waals surface area contributed by atoms with E-state index in [2.05, 4.69) is 12.2 Å². The Labute approximate surface area is 84.8 Å². The van der Waals surface area contributed by atoms with Crippen LogP contribution in [-0.4, -0.2) is 23.8 Å². The molecule has 0 aliphatic heterocycles. The first-order valence-electron chi connectivity index (χ1n) is 5.25. The van der Waals surface area contributed by atoms with E-state index >= 15 is 0 Å². The highest BCUT2D eigenvalue weighted by Crippen LogP contribution is 2.24. The summed E-state index contributed by atoms with van der Waals surface area (Å²) in [6, 6.07) is 0. The summed E-state index contributed by atoms with van der Waals surface area (Å²) in [4.78, 5) is 11.0. The molecule has 3 nitrogen and oxygen atoms in total. The molecule has 0 aromatic heterocycles. The van der Waals surface area contributed by atoms with E-state index in [0.717, 1.165) is 25.7 Å². The fraction of sp³-hybridized carbons (Fsp3) is 0.727. The second kappa shape index (κ2) is 5.81. The van der Waals surface area contributed by atoms with Crippen LogP contribution in [0.15, 0.2) is 12.2 Å². The van der Waals surface area contributed by atoms with Crippen molar-refractivity contribution < 1.29 is 14.6 Å². The molecule has 0 heterocycles. The molecule has 0 aromatic rings. The standard InChI is InChI=1S/C11H18O3/c1-2-8-14-10(11(12)13)9-6-4-3-5-7-9/h3-4,9-10H,2,5-8H2,1H3,(H,12,13). The van der Waals surface area contributed by atoms with Crippen molar-refractivity contribution in [2.75, 3.05) is 6.61 Å². The van der Waals surface area contributed by atoms with Gasteiger partial charge in [-0.25, -0.2) is 4.79 Å². The van der Waals surface area contributed by atoms with E-state index in [9.17, 15) is 4.79 Å². The molecular formula is C11H18O3. The highest BCUT2D eigenvalue weighted by Gasteiger charge is 2.28. The Balaban J connectivity index is 2.48. The van der Waals surface area contributed by atoms with Crippen LogP contribution in [0.4, 0.5) is 0 Å². The van der Waals surface area contributed by atoms with E-state index in [4.69, 9.17) is 9.84 Å². The van der Waals surface area contributed by atoms with E-state index in [1.54, 1.807) is 0 Å². The fourth-order valence-electron chi connectivity index (χ4n) is 1.75. The molecule has 0 spiro atoms. The topological polar surface area (TPSA) is 46.5 Å². The number of carboxylic acids is 1. The quantitative estimate of drug-likeness (QED) is 0.689. The number of rotatable bonds is 5. The van der Waals surface area contributed by atoms with Crippen molar-refractivity contribution in [1.29, 1.82) is 0 Å². The maximum Gasteiger partial charge on any atom is 0.333 e. The first kappa shape index (κ1) is 11.2. The minimum absolute atomic E-state index is 0.157. The molecule has 0 saturated heterocycles. The van der Waals surface area contributed by atoms with Gasteiger partial charge < -0.3 is 9.84 Å². The predicted octanol–water partition coefficient (Wildman–Crippen LogP) is 2.22. The lowest BCUT2D eigenvalue weighted by Gasteiger charge is -2.24. The maximum absolute atomic E-state index is 11.0.